The van der Waals surface area contributed by atoms with Crippen LogP contribution in [0.2, 0.25) is 0 Å². The van der Waals surface area contributed by atoms with Crippen LogP contribution in [0.4, 0.5) is 0 Å². The molecule has 4 aliphatic rings. The van der Waals surface area contributed by atoms with E-state index in [0.717, 1.165) is 48.3 Å². The number of hydrogen-bond donors (Lipinski definition) is 0. The van der Waals surface area contributed by atoms with E-state index in [1.54, 1.807) is 0 Å². The van der Waals surface area contributed by atoms with Gasteiger partial charge in [-0.1, -0.05) is 73.3 Å². The van der Waals surface area contributed by atoms with Gasteiger partial charge in [-0.15, -0.1) is 0 Å². The normalized spacial score (nSPS) is 42.4. The largest absolute Gasteiger partial charge is 0.319 e. The number of carbonyl (C=O) groups is 1. The molecule has 1 unspecified atom stereocenters. The highest BCUT2D eigenvalue weighted by atomic mass is 16.2. The summed E-state index contributed by atoms with van der Waals surface area (Å²) in [6.07, 6.45) is 16.9. The molecule has 0 aromatic carbocycles. The first-order valence-corrected chi connectivity index (χ1v) is 14.1. The van der Waals surface area contributed by atoms with Gasteiger partial charge in [0.15, 0.2) is 0 Å². The molecule has 2 heteroatoms. The van der Waals surface area contributed by atoms with Crippen LogP contribution in [0.1, 0.15) is 112 Å². The molecule has 0 N–H and O–H groups in total. The van der Waals surface area contributed by atoms with Gasteiger partial charge in [-0.05, 0) is 85.4 Å². The Kier molecular flexibility index (Phi) is 6.92. The summed E-state index contributed by atoms with van der Waals surface area (Å²) in [5.74, 6) is 6.10. The number of fused-ring (bicyclic) bond motifs is 5. The summed E-state index contributed by atoms with van der Waals surface area (Å²) in [5.41, 5.74) is 2.12. The van der Waals surface area contributed by atoms with Crippen LogP contribution in [0.25, 0.3) is 0 Å². The number of piperidine rings is 1. The molecule has 0 radical (unpaired) electrons. The van der Waals surface area contributed by atoms with E-state index in [1.165, 1.54) is 63.5 Å². The third-order valence-electron chi connectivity index (χ3n) is 11.0. The van der Waals surface area contributed by atoms with Crippen molar-refractivity contribution in [1.82, 2.24) is 4.90 Å². The standard InChI is InChI=1S/C30H51NO/c1-8-10-22-19-26-30(6,18-16-27(32)31(26)7)25-15-17-29(5)23(13-14-24(29)28(22)25)21(4)12-9-11-20(2)3/h19-25,28H,8-18H2,1-7H3/t21-,22?,23-,24+,25+,28+,29-,30-/m1/s1. The van der Waals surface area contributed by atoms with Crippen LogP contribution in [0, 0.1) is 52.3 Å². The number of amides is 1. The Labute approximate surface area is 199 Å². The number of nitrogens with zero attached hydrogens (tertiary/aromatic N) is 1. The maximum absolute atomic E-state index is 12.6. The summed E-state index contributed by atoms with van der Waals surface area (Å²) in [6, 6.07) is 0. The van der Waals surface area contributed by atoms with Crippen molar-refractivity contribution in [2.75, 3.05) is 7.05 Å². The first-order valence-electron chi connectivity index (χ1n) is 14.1. The van der Waals surface area contributed by atoms with Crippen molar-refractivity contribution < 1.29 is 4.79 Å². The molecule has 182 valence electrons. The molecule has 1 heterocycles. The van der Waals surface area contributed by atoms with Gasteiger partial charge in [0.05, 0.1) is 0 Å². The molecule has 2 saturated carbocycles. The number of hydrogen-bond acceptors (Lipinski definition) is 1. The van der Waals surface area contributed by atoms with Gasteiger partial charge >= 0.3 is 0 Å². The van der Waals surface area contributed by atoms with Crippen molar-refractivity contribution in [3.8, 4) is 0 Å². The van der Waals surface area contributed by atoms with Crippen LogP contribution >= 0.6 is 0 Å². The van der Waals surface area contributed by atoms with Crippen LogP contribution < -0.4 is 0 Å². The number of rotatable bonds is 7. The van der Waals surface area contributed by atoms with Crippen molar-refractivity contribution in [3.05, 3.63) is 11.8 Å². The molecule has 1 amide bonds. The number of likely N-dealkylation sites (tertiary alicyclic amines) is 1. The molecule has 0 spiro atoms. The van der Waals surface area contributed by atoms with E-state index in [9.17, 15) is 4.79 Å². The SMILES string of the molecule is CCCC1C=C2N(C)C(=O)CC[C@]2(C)[C@H]2CC[C@]3(C)[C@@H]([C@H](C)CCCC(C)C)CC[C@H]3[C@H]12. The fourth-order valence-electron chi connectivity index (χ4n) is 9.34. The minimum Gasteiger partial charge on any atom is -0.319 e. The molecule has 0 bridgehead atoms. The quantitative estimate of drug-likeness (QED) is 0.391. The van der Waals surface area contributed by atoms with Gasteiger partial charge in [0.1, 0.15) is 0 Å². The van der Waals surface area contributed by atoms with E-state index in [0.29, 0.717) is 17.2 Å². The predicted octanol–water partition coefficient (Wildman–Crippen LogP) is 8.08. The van der Waals surface area contributed by atoms with Gasteiger partial charge in [-0.25, -0.2) is 0 Å². The molecular formula is C30H51NO. The molecule has 2 nitrogen and oxygen atoms in total. The first-order chi connectivity index (χ1) is 15.1. The lowest BCUT2D eigenvalue weighted by atomic mass is 9.46. The van der Waals surface area contributed by atoms with Crippen molar-refractivity contribution in [1.29, 1.82) is 0 Å². The van der Waals surface area contributed by atoms with Gasteiger partial charge in [0, 0.05) is 24.6 Å². The third kappa shape index (κ3) is 3.90. The zero-order valence-corrected chi connectivity index (χ0v) is 22.3. The molecule has 0 aromatic rings. The molecule has 1 saturated heterocycles. The molecule has 0 aromatic heterocycles. The maximum atomic E-state index is 12.6. The number of allylic oxidation sites excluding steroid dienone is 2. The summed E-state index contributed by atoms with van der Waals surface area (Å²) in [6.45, 7) is 14.9. The van der Waals surface area contributed by atoms with Crippen LogP contribution in [0.3, 0.4) is 0 Å². The zero-order valence-electron chi connectivity index (χ0n) is 22.3. The van der Waals surface area contributed by atoms with E-state index in [-0.39, 0.29) is 5.41 Å². The van der Waals surface area contributed by atoms with Crippen molar-refractivity contribution in [2.45, 2.75) is 112 Å². The van der Waals surface area contributed by atoms with E-state index in [1.807, 2.05) is 11.9 Å². The van der Waals surface area contributed by atoms with Crippen molar-refractivity contribution >= 4 is 5.91 Å². The molecular weight excluding hydrogens is 390 g/mol. The van der Waals surface area contributed by atoms with Gasteiger partial charge < -0.3 is 4.90 Å². The smallest absolute Gasteiger partial charge is 0.226 e. The zero-order chi connectivity index (χ0) is 23.3. The average Bonchev–Trinajstić information content (AvgIpc) is 3.09. The second-order valence-electron chi connectivity index (χ2n) is 13.2. The Morgan fingerprint density at radius 3 is 2.50 bits per heavy atom. The minimum absolute atomic E-state index is 0.208. The molecule has 3 aliphatic carbocycles. The molecule has 1 aliphatic heterocycles. The highest BCUT2D eigenvalue weighted by molar-refractivity contribution is 5.79. The van der Waals surface area contributed by atoms with E-state index in [4.69, 9.17) is 0 Å². The van der Waals surface area contributed by atoms with Crippen LogP contribution in [0.15, 0.2) is 11.8 Å². The van der Waals surface area contributed by atoms with Crippen molar-refractivity contribution in [3.63, 3.8) is 0 Å². The van der Waals surface area contributed by atoms with Crippen LogP contribution in [-0.2, 0) is 4.79 Å². The average molecular weight is 442 g/mol. The fourth-order valence-corrected chi connectivity index (χ4v) is 9.34. The Balaban J connectivity index is 1.61. The number of carbonyl (C=O) groups excluding carboxylic acids is 1. The van der Waals surface area contributed by atoms with E-state index >= 15 is 0 Å². The van der Waals surface area contributed by atoms with Crippen LogP contribution in [0.5, 0.6) is 0 Å². The lowest BCUT2D eigenvalue weighted by Crippen LogP contribution is -2.56. The Hall–Kier alpha value is -0.790. The lowest BCUT2D eigenvalue weighted by Gasteiger charge is -2.61. The van der Waals surface area contributed by atoms with Gasteiger partial charge in [-0.2, -0.15) is 0 Å². The summed E-state index contributed by atoms with van der Waals surface area (Å²) < 4.78 is 0. The molecule has 8 atom stereocenters. The monoisotopic (exact) mass is 441 g/mol. The Bertz CT molecular complexity index is 724. The maximum Gasteiger partial charge on any atom is 0.226 e. The Morgan fingerprint density at radius 2 is 1.81 bits per heavy atom. The third-order valence-corrected chi connectivity index (χ3v) is 11.0. The van der Waals surface area contributed by atoms with E-state index in [2.05, 4.69) is 47.6 Å². The summed E-state index contributed by atoms with van der Waals surface area (Å²) in [5, 5.41) is 0. The first kappa shape index (κ1) is 24.3. The second-order valence-corrected chi connectivity index (χ2v) is 13.2. The fraction of sp³-hybridized carbons (Fsp3) is 0.900. The summed E-state index contributed by atoms with van der Waals surface area (Å²) in [7, 11) is 2.05. The minimum atomic E-state index is 0.208. The molecule has 3 fully saturated rings. The lowest BCUT2D eigenvalue weighted by molar-refractivity contribution is -0.137. The summed E-state index contributed by atoms with van der Waals surface area (Å²) >= 11 is 0. The highest BCUT2D eigenvalue weighted by Crippen LogP contribution is 2.68. The molecule has 4 rings (SSSR count). The van der Waals surface area contributed by atoms with Gasteiger partial charge in [0.2, 0.25) is 5.91 Å². The predicted molar refractivity (Wildman–Crippen MR) is 135 cm³/mol. The second kappa shape index (κ2) is 9.10. The Morgan fingerprint density at radius 1 is 1.06 bits per heavy atom. The van der Waals surface area contributed by atoms with Crippen LogP contribution in [-0.4, -0.2) is 17.9 Å². The summed E-state index contributed by atoms with van der Waals surface area (Å²) in [4.78, 5) is 14.6. The topological polar surface area (TPSA) is 20.3 Å². The van der Waals surface area contributed by atoms with E-state index < -0.39 is 0 Å². The highest BCUT2D eigenvalue weighted by Gasteiger charge is 2.61. The van der Waals surface area contributed by atoms with Gasteiger partial charge in [0.25, 0.3) is 0 Å². The van der Waals surface area contributed by atoms with Crippen molar-refractivity contribution in [2.24, 2.45) is 52.3 Å². The van der Waals surface area contributed by atoms with Gasteiger partial charge in [-0.3, -0.25) is 4.79 Å². The molecule has 32 heavy (non-hydrogen) atoms.